The Morgan fingerprint density at radius 1 is 1.03 bits per heavy atom. The Kier molecular flexibility index (Phi) is 8.42. The number of hydrogen-bond acceptors (Lipinski definition) is 5. The molecule has 4 aliphatic rings. The van der Waals surface area contributed by atoms with Crippen LogP contribution in [0.15, 0.2) is 53.0 Å². The molecule has 2 aliphatic carbocycles. The van der Waals surface area contributed by atoms with Crippen molar-refractivity contribution in [1.82, 2.24) is 14.1 Å². The van der Waals surface area contributed by atoms with Crippen LogP contribution < -0.4 is 0 Å². The van der Waals surface area contributed by atoms with Gasteiger partial charge >= 0.3 is 6.09 Å². The lowest BCUT2D eigenvalue weighted by Gasteiger charge is -2.41. The molecule has 2 aliphatic heterocycles. The molecule has 3 fully saturated rings. The van der Waals surface area contributed by atoms with Crippen LogP contribution in [0.25, 0.3) is 0 Å². The fourth-order valence-electron chi connectivity index (χ4n) is 5.66. The molecule has 5 rings (SSSR count). The van der Waals surface area contributed by atoms with Crippen LogP contribution in [-0.2, 0) is 14.8 Å². The summed E-state index contributed by atoms with van der Waals surface area (Å²) in [6.07, 6.45) is 5.41. The number of piperidine rings is 1. The van der Waals surface area contributed by atoms with Gasteiger partial charge in [-0.05, 0) is 73.8 Å². The van der Waals surface area contributed by atoms with Crippen molar-refractivity contribution in [2.45, 2.75) is 43.0 Å². The third-order valence-electron chi connectivity index (χ3n) is 8.06. The van der Waals surface area contributed by atoms with E-state index in [9.17, 15) is 22.0 Å². The highest BCUT2D eigenvalue weighted by Gasteiger charge is 2.41. The lowest BCUT2D eigenvalue weighted by Crippen LogP contribution is -2.52. The van der Waals surface area contributed by atoms with Gasteiger partial charge in [0.25, 0.3) is 0 Å². The van der Waals surface area contributed by atoms with Gasteiger partial charge in [-0.3, -0.25) is 4.90 Å². The molecule has 0 radical (unpaired) electrons. The third kappa shape index (κ3) is 6.58. The Morgan fingerprint density at radius 3 is 2.39 bits per heavy atom. The van der Waals surface area contributed by atoms with Crippen molar-refractivity contribution < 1.29 is 26.7 Å². The molecular weight excluding hydrogens is 536 g/mol. The molecule has 38 heavy (non-hydrogen) atoms. The quantitative estimate of drug-likeness (QED) is 0.462. The van der Waals surface area contributed by atoms with E-state index in [-0.39, 0.29) is 30.4 Å². The van der Waals surface area contributed by atoms with Crippen LogP contribution in [0.5, 0.6) is 0 Å². The van der Waals surface area contributed by atoms with E-state index in [4.69, 9.17) is 16.3 Å². The highest BCUT2D eigenvalue weighted by molar-refractivity contribution is 7.89. The molecule has 7 nitrogen and oxygen atoms in total. The number of benzene rings is 1. The number of carbonyl (C=O) groups excluding carboxylic acids is 1. The number of sulfonamides is 1. The smallest absolute Gasteiger partial charge is 0.409 e. The van der Waals surface area contributed by atoms with Gasteiger partial charge in [-0.15, -0.1) is 0 Å². The second-order valence-electron chi connectivity index (χ2n) is 10.8. The van der Waals surface area contributed by atoms with Crippen LogP contribution in [-0.4, -0.2) is 80.5 Å². The summed E-state index contributed by atoms with van der Waals surface area (Å²) >= 11 is 5.97. The summed E-state index contributed by atoms with van der Waals surface area (Å²) in [4.78, 5) is 17.0. The molecule has 0 bridgehead atoms. The average Bonchev–Trinajstić information content (AvgIpc) is 3.71. The first-order valence-corrected chi connectivity index (χ1v) is 15.2. The highest BCUT2D eigenvalue weighted by Crippen LogP contribution is 2.38. The first-order valence-electron chi connectivity index (χ1n) is 13.3. The fourth-order valence-corrected chi connectivity index (χ4v) is 7.48. The highest BCUT2D eigenvalue weighted by atomic mass is 35.5. The SMILES string of the molecule is O=C(OC[C@H]1CC[C@@H](C2C=C(F)C=C(F)C2)CN1S(=O)(=O)c1ccc(Cl)cc1)N1CCN(CC2CC2)CC1. The van der Waals surface area contributed by atoms with Gasteiger partial charge in [-0.2, -0.15) is 4.31 Å². The van der Waals surface area contributed by atoms with E-state index < -0.39 is 39.7 Å². The fraction of sp³-hybridized carbons (Fsp3) is 0.593. The number of allylic oxidation sites excluding steroid dienone is 4. The number of carbonyl (C=O) groups is 1. The molecule has 0 spiro atoms. The van der Waals surface area contributed by atoms with E-state index in [2.05, 4.69) is 4.90 Å². The molecule has 0 N–H and O–H groups in total. The summed E-state index contributed by atoms with van der Waals surface area (Å²) in [6.45, 7) is 3.88. The topological polar surface area (TPSA) is 70.2 Å². The van der Waals surface area contributed by atoms with Crippen molar-refractivity contribution in [2.75, 3.05) is 45.9 Å². The standard InChI is InChI=1S/C27H34ClF2N3O4S/c28-22-4-7-26(8-5-22)38(35,36)33-17-20(21-13-23(29)15-24(30)14-21)3-6-25(33)18-37-27(34)32-11-9-31(10-12-32)16-19-1-2-19/h4-5,7-8,13,15,19-21,25H,1-3,6,9-12,14,16-18H2/t20-,21?,25-/m1/s1. The van der Waals surface area contributed by atoms with E-state index in [0.717, 1.165) is 31.6 Å². The van der Waals surface area contributed by atoms with E-state index in [1.807, 2.05) is 0 Å². The summed E-state index contributed by atoms with van der Waals surface area (Å²) < 4.78 is 62.3. The maximum absolute atomic E-state index is 14.0. The summed E-state index contributed by atoms with van der Waals surface area (Å²) in [5.74, 6) is -1.10. The van der Waals surface area contributed by atoms with Crippen LogP contribution in [0.3, 0.4) is 0 Å². The average molecular weight is 570 g/mol. The van der Waals surface area contributed by atoms with Crippen LogP contribution in [0.1, 0.15) is 32.1 Å². The van der Waals surface area contributed by atoms with Crippen LogP contribution in [0.4, 0.5) is 13.6 Å². The van der Waals surface area contributed by atoms with Crippen LogP contribution >= 0.6 is 11.6 Å². The Labute approximate surface area is 228 Å². The molecule has 208 valence electrons. The molecule has 0 aromatic heterocycles. The summed E-state index contributed by atoms with van der Waals surface area (Å²) in [6, 6.07) is 5.31. The molecule has 11 heteroatoms. The summed E-state index contributed by atoms with van der Waals surface area (Å²) in [5.41, 5.74) is 0. The van der Waals surface area contributed by atoms with E-state index >= 15 is 0 Å². The number of rotatable bonds is 7. The number of amides is 1. The van der Waals surface area contributed by atoms with Crippen LogP contribution in [0, 0.1) is 17.8 Å². The monoisotopic (exact) mass is 569 g/mol. The van der Waals surface area contributed by atoms with Crippen LogP contribution in [0.2, 0.25) is 5.02 Å². The minimum Gasteiger partial charge on any atom is -0.448 e. The summed E-state index contributed by atoms with van der Waals surface area (Å²) in [7, 11) is -3.97. The second kappa shape index (κ2) is 11.6. The van der Waals surface area contributed by atoms with Gasteiger partial charge in [0.1, 0.15) is 18.3 Å². The number of ether oxygens (including phenoxy) is 1. The van der Waals surface area contributed by atoms with Crippen molar-refractivity contribution in [1.29, 1.82) is 0 Å². The maximum Gasteiger partial charge on any atom is 0.409 e. The van der Waals surface area contributed by atoms with Gasteiger partial charge in [-0.1, -0.05) is 11.6 Å². The van der Waals surface area contributed by atoms with Gasteiger partial charge in [0.2, 0.25) is 10.0 Å². The molecule has 1 aromatic rings. The van der Waals surface area contributed by atoms with Crippen molar-refractivity contribution in [3.05, 3.63) is 53.1 Å². The lowest BCUT2D eigenvalue weighted by atomic mass is 9.80. The van der Waals surface area contributed by atoms with Crippen molar-refractivity contribution in [3.8, 4) is 0 Å². The van der Waals surface area contributed by atoms with Crippen molar-refractivity contribution in [3.63, 3.8) is 0 Å². The van der Waals surface area contributed by atoms with E-state index in [1.165, 1.54) is 47.5 Å². The number of hydrogen-bond donors (Lipinski definition) is 0. The maximum atomic E-state index is 14.0. The Balaban J connectivity index is 1.26. The first kappa shape index (κ1) is 27.6. The minimum atomic E-state index is -3.97. The molecule has 3 atom stereocenters. The molecule has 2 heterocycles. The van der Waals surface area contributed by atoms with Gasteiger partial charge < -0.3 is 9.64 Å². The zero-order valence-electron chi connectivity index (χ0n) is 21.3. The normalized spacial score (nSPS) is 27.6. The predicted molar refractivity (Wildman–Crippen MR) is 140 cm³/mol. The number of piperazine rings is 1. The zero-order chi connectivity index (χ0) is 26.9. The second-order valence-corrected chi connectivity index (χ2v) is 13.2. The number of nitrogens with zero attached hydrogens (tertiary/aromatic N) is 3. The van der Waals surface area contributed by atoms with Crippen molar-refractivity contribution >= 4 is 27.7 Å². The van der Waals surface area contributed by atoms with E-state index in [0.29, 0.717) is 31.0 Å². The minimum absolute atomic E-state index is 0.0410. The van der Waals surface area contributed by atoms with Gasteiger partial charge in [0.05, 0.1) is 10.9 Å². The molecule has 2 saturated heterocycles. The first-order chi connectivity index (χ1) is 18.2. The Morgan fingerprint density at radius 2 is 1.74 bits per heavy atom. The van der Waals surface area contributed by atoms with Crippen molar-refractivity contribution in [2.24, 2.45) is 17.8 Å². The van der Waals surface area contributed by atoms with Gasteiger partial charge in [0.15, 0.2) is 0 Å². The summed E-state index contributed by atoms with van der Waals surface area (Å²) in [5, 5.41) is 0.410. The third-order valence-corrected chi connectivity index (χ3v) is 10.2. The molecule has 1 unspecified atom stereocenters. The van der Waals surface area contributed by atoms with Gasteiger partial charge in [0, 0.05) is 56.8 Å². The van der Waals surface area contributed by atoms with E-state index in [1.54, 1.807) is 4.90 Å². The lowest BCUT2D eigenvalue weighted by molar-refractivity contribution is 0.0486. The molecule has 1 amide bonds. The molecule has 1 saturated carbocycles. The predicted octanol–water partition coefficient (Wildman–Crippen LogP) is 5.00. The van der Waals surface area contributed by atoms with Gasteiger partial charge in [-0.25, -0.2) is 22.0 Å². The number of halogens is 3. The molecule has 1 aromatic carbocycles. The zero-order valence-corrected chi connectivity index (χ0v) is 22.8. The largest absolute Gasteiger partial charge is 0.448 e. The Hall–Kier alpha value is -2.01. The Bertz CT molecular complexity index is 1180. The molecular formula is C27H34ClF2N3O4S.